The molecule has 0 aliphatic heterocycles. The van der Waals surface area contributed by atoms with E-state index in [-0.39, 0.29) is 24.1 Å². The van der Waals surface area contributed by atoms with Crippen LogP contribution in [-0.2, 0) is 11.3 Å². The molecule has 1 aromatic carbocycles. The summed E-state index contributed by atoms with van der Waals surface area (Å²) in [5, 5.41) is 5.54. The molecule has 3 aromatic rings. The van der Waals surface area contributed by atoms with Crippen molar-refractivity contribution in [3.05, 3.63) is 62.8 Å². The number of para-hydroxylation sites is 1. The molecular formula is C18H20N4O2S. The maximum Gasteiger partial charge on any atom is 0.258 e. The summed E-state index contributed by atoms with van der Waals surface area (Å²) in [6.45, 7) is 2.58. The Bertz CT molecular complexity index is 920. The number of thiophene rings is 1. The summed E-state index contributed by atoms with van der Waals surface area (Å²) >= 11 is 1.62. The number of nitrogens with one attached hydrogen (secondary N) is 2. The third kappa shape index (κ3) is 4.32. The number of rotatable bonds is 6. The molecule has 2 N–H and O–H groups in total. The number of nitrogens with zero attached hydrogens (tertiary/aromatic N) is 2. The lowest BCUT2D eigenvalue weighted by molar-refractivity contribution is -0.122. The molecule has 0 radical (unpaired) electrons. The Kier molecular flexibility index (Phi) is 5.25. The molecule has 0 aliphatic rings. The average Bonchev–Trinajstić information content (AvgIpc) is 3.09. The number of carbonyl (C=O) groups excluding carboxylic acids is 1. The van der Waals surface area contributed by atoms with Crippen LogP contribution in [0.15, 0.2) is 46.6 Å². The summed E-state index contributed by atoms with van der Waals surface area (Å²) in [6, 6.07) is 11.2. The molecule has 0 spiro atoms. The number of carbonyl (C=O) groups is 1. The molecule has 2 aromatic heterocycles. The summed E-state index contributed by atoms with van der Waals surface area (Å²) in [6.07, 6.45) is 0. The predicted molar refractivity (Wildman–Crippen MR) is 99.6 cm³/mol. The van der Waals surface area contributed by atoms with Gasteiger partial charge < -0.3 is 10.3 Å². The minimum Gasteiger partial charge on any atom is -0.348 e. The number of aromatic nitrogens is 2. The number of likely N-dealkylation sites (N-methyl/N-ethyl adjacent to an activating group) is 1. The van der Waals surface area contributed by atoms with Gasteiger partial charge in [-0.3, -0.25) is 14.5 Å². The molecule has 1 amide bonds. The number of H-pyrrole nitrogens is 1. The Balaban J connectivity index is 1.61. The summed E-state index contributed by atoms with van der Waals surface area (Å²) in [4.78, 5) is 34.5. The third-order valence-electron chi connectivity index (χ3n) is 3.84. The van der Waals surface area contributed by atoms with Crippen LogP contribution in [0.25, 0.3) is 10.9 Å². The summed E-state index contributed by atoms with van der Waals surface area (Å²) < 4.78 is 0. The van der Waals surface area contributed by atoms with E-state index in [1.165, 1.54) is 0 Å². The minimum atomic E-state index is -0.162. The first kappa shape index (κ1) is 17.3. The molecule has 7 heteroatoms. The number of amides is 1. The van der Waals surface area contributed by atoms with Gasteiger partial charge in [-0.15, -0.1) is 11.3 Å². The second-order valence-electron chi connectivity index (χ2n) is 6.01. The zero-order valence-corrected chi connectivity index (χ0v) is 15.0. The van der Waals surface area contributed by atoms with Crippen LogP contribution < -0.4 is 10.9 Å². The van der Waals surface area contributed by atoms with Crippen molar-refractivity contribution < 1.29 is 4.79 Å². The number of fused-ring (bicyclic) bond motifs is 1. The monoisotopic (exact) mass is 356 g/mol. The van der Waals surface area contributed by atoms with Gasteiger partial charge in [-0.2, -0.15) is 0 Å². The Morgan fingerprint density at radius 3 is 2.88 bits per heavy atom. The van der Waals surface area contributed by atoms with Crippen LogP contribution in [0.4, 0.5) is 0 Å². The Morgan fingerprint density at radius 1 is 1.32 bits per heavy atom. The maximum absolute atomic E-state index is 12.2. The second-order valence-corrected chi connectivity index (χ2v) is 6.99. The molecule has 0 aliphatic carbocycles. The first-order valence-electron chi connectivity index (χ1n) is 8.02. The first-order chi connectivity index (χ1) is 12.0. The zero-order valence-electron chi connectivity index (χ0n) is 14.2. The van der Waals surface area contributed by atoms with Gasteiger partial charge >= 0.3 is 0 Å². The average molecular weight is 356 g/mol. The molecule has 3 rings (SSSR count). The van der Waals surface area contributed by atoms with Crippen molar-refractivity contribution in [2.75, 3.05) is 13.6 Å². The highest BCUT2D eigenvalue weighted by atomic mass is 32.1. The van der Waals surface area contributed by atoms with E-state index < -0.39 is 0 Å². The summed E-state index contributed by atoms with van der Waals surface area (Å²) in [5.74, 6) is 0.483. The van der Waals surface area contributed by atoms with Crippen LogP contribution in [0.2, 0.25) is 0 Å². The third-order valence-corrected chi connectivity index (χ3v) is 4.90. The van der Waals surface area contributed by atoms with Gasteiger partial charge in [-0.05, 0) is 37.6 Å². The quantitative estimate of drug-likeness (QED) is 0.710. The molecule has 0 fully saturated rings. The SMILES string of the molecule is C[C@@H](NC(=O)CN(C)Cc1nc2ccccc2c(=O)[nH]1)c1cccs1. The number of benzene rings is 1. The summed E-state index contributed by atoms with van der Waals surface area (Å²) in [5.41, 5.74) is 0.496. The van der Waals surface area contributed by atoms with Crippen LogP contribution in [0.5, 0.6) is 0 Å². The predicted octanol–water partition coefficient (Wildman–Crippen LogP) is 2.29. The fraction of sp³-hybridized carbons (Fsp3) is 0.278. The molecule has 25 heavy (non-hydrogen) atoms. The number of hydrogen-bond donors (Lipinski definition) is 2. The smallest absolute Gasteiger partial charge is 0.258 e. The topological polar surface area (TPSA) is 78.1 Å². The van der Waals surface area contributed by atoms with E-state index in [9.17, 15) is 9.59 Å². The highest BCUT2D eigenvalue weighted by molar-refractivity contribution is 7.10. The van der Waals surface area contributed by atoms with Gasteiger partial charge in [0.05, 0.1) is 30.0 Å². The number of aromatic amines is 1. The lowest BCUT2D eigenvalue weighted by atomic mass is 10.2. The second kappa shape index (κ2) is 7.58. The van der Waals surface area contributed by atoms with Crippen LogP contribution in [-0.4, -0.2) is 34.4 Å². The molecule has 6 nitrogen and oxygen atoms in total. The van der Waals surface area contributed by atoms with E-state index >= 15 is 0 Å². The standard InChI is InChI=1S/C18H20N4O2S/c1-12(15-8-5-9-25-15)19-17(23)11-22(2)10-16-20-14-7-4-3-6-13(14)18(24)21-16/h3-9,12H,10-11H2,1-2H3,(H,19,23)(H,20,21,24)/t12-/m1/s1. The minimum absolute atomic E-state index is 0.0144. The van der Waals surface area contributed by atoms with Crippen LogP contribution >= 0.6 is 11.3 Å². The first-order valence-corrected chi connectivity index (χ1v) is 8.90. The van der Waals surface area contributed by atoms with Gasteiger partial charge in [-0.25, -0.2) is 4.98 Å². The Labute approximate surface area is 149 Å². The normalized spacial score (nSPS) is 12.4. The van der Waals surface area contributed by atoms with Gasteiger partial charge in [0.2, 0.25) is 5.91 Å². The van der Waals surface area contributed by atoms with Crippen molar-refractivity contribution in [2.24, 2.45) is 0 Å². The van der Waals surface area contributed by atoms with Crippen molar-refractivity contribution in [1.29, 1.82) is 0 Å². The summed E-state index contributed by atoms with van der Waals surface area (Å²) in [7, 11) is 1.82. The van der Waals surface area contributed by atoms with E-state index in [2.05, 4.69) is 15.3 Å². The highest BCUT2D eigenvalue weighted by Gasteiger charge is 2.13. The van der Waals surface area contributed by atoms with Gasteiger partial charge in [0.15, 0.2) is 0 Å². The largest absolute Gasteiger partial charge is 0.348 e. The van der Waals surface area contributed by atoms with E-state index in [4.69, 9.17) is 0 Å². The molecule has 1 atom stereocenters. The molecule has 0 saturated carbocycles. The van der Waals surface area contributed by atoms with Crippen molar-refractivity contribution >= 4 is 28.1 Å². The maximum atomic E-state index is 12.2. The van der Waals surface area contributed by atoms with E-state index in [0.717, 1.165) is 4.88 Å². The molecular weight excluding hydrogens is 336 g/mol. The van der Waals surface area contributed by atoms with Gasteiger partial charge in [0.1, 0.15) is 5.82 Å². The van der Waals surface area contributed by atoms with Crippen molar-refractivity contribution in [1.82, 2.24) is 20.2 Å². The van der Waals surface area contributed by atoms with Gasteiger partial charge in [0.25, 0.3) is 5.56 Å². The lowest BCUT2D eigenvalue weighted by Crippen LogP contribution is -2.36. The zero-order chi connectivity index (χ0) is 17.8. The number of hydrogen-bond acceptors (Lipinski definition) is 5. The molecule has 130 valence electrons. The van der Waals surface area contributed by atoms with Gasteiger partial charge in [-0.1, -0.05) is 18.2 Å². The lowest BCUT2D eigenvalue weighted by Gasteiger charge is -2.18. The van der Waals surface area contributed by atoms with Crippen LogP contribution in [0.3, 0.4) is 0 Å². The molecule has 0 unspecified atom stereocenters. The fourth-order valence-corrected chi connectivity index (χ4v) is 3.40. The Morgan fingerprint density at radius 2 is 2.12 bits per heavy atom. The van der Waals surface area contributed by atoms with E-state index in [1.807, 2.05) is 54.6 Å². The van der Waals surface area contributed by atoms with Crippen LogP contribution in [0.1, 0.15) is 23.7 Å². The molecule has 0 saturated heterocycles. The van der Waals surface area contributed by atoms with Crippen molar-refractivity contribution in [3.8, 4) is 0 Å². The van der Waals surface area contributed by atoms with Gasteiger partial charge in [0, 0.05) is 4.88 Å². The highest BCUT2D eigenvalue weighted by Crippen LogP contribution is 2.17. The fourth-order valence-electron chi connectivity index (χ4n) is 2.66. The molecule has 0 bridgehead atoms. The van der Waals surface area contributed by atoms with E-state index in [0.29, 0.717) is 23.3 Å². The van der Waals surface area contributed by atoms with Crippen molar-refractivity contribution in [2.45, 2.75) is 19.5 Å². The van der Waals surface area contributed by atoms with Crippen LogP contribution in [0, 0.1) is 0 Å². The molecule has 2 heterocycles. The van der Waals surface area contributed by atoms with Crippen molar-refractivity contribution in [3.63, 3.8) is 0 Å². The van der Waals surface area contributed by atoms with E-state index in [1.54, 1.807) is 17.4 Å². The Hall–Kier alpha value is -2.51.